The maximum Gasteiger partial charge on any atom is 0.320 e. The first-order valence-electron chi connectivity index (χ1n) is 7.74. The summed E-state index contributed by atoms with van der Waals surface area (Å²) >= 11 is 0. The van der Waals surface area contributed by atoms with E-state index in [1.165, 1.54) is 16.7 Å². The maximum atomic E-state index is 12.6. The van der Waals surface area contributed by atoms with E-state index in [-0.39, 0.29) is 24.3 Å². The number of carboxylic acids is 1. The zero-order valence-corrected chi connectivity index (χ0v) is 12.7. The Bertz CT molecular complexity index is 429. The molecule has 118 valence electrons. The summed E-state index contributed by atoms with van der Waals surface area (Å²) in [5.41, 5.74) is 0. The first kappa shape index (κ1) is 15.9. The predicted molar refractivity (Wildman–Crippen MR) is 76.6 cm³/mol. The molecule has 2 amide bonds. The maximum absolute atomic E-state index is 12.6. The topological polar surface area (TPSA) is 77.9 Å². The van der Waals surface area contributed by atoms with Gasteiger partial charge in [-0.1, -0.05) is 25.7 Å². The lowest BCUT2D eigenvalue weighted by molar-refractivity contribution is -0.145. The average molecular weight is 296 g/mol. The lowest BCUT2D eigenvalue weighted by Crippen LogP contribution is -2.48. The van der Waals surface area contributed by atoms with E-state index in [0.29, 0.717) is 0 Å². The summed E-state index contributed by atoms with van der Waals surface area (Å²) < 4.78 is 0. The Kier molecular flexibility index (Phi) is 4.98. The SMILES string of the molecule is CC(C(=O)O)N(C)C1CC(=O)N(C2CCCCCC2)C1=O. The van der Waals surface area contributed by atoms with Crippen LogP contribution in [-0.2, 0) is 14.4 Å². The highest BCUT2D eigenvalue weighted by Crippen LogP contribution is 2.28. The van der Waals surface area contributed by atoms with E-state index < -0.39 is 18.1 Å². The highest BCUT2D eigenvalue weighted by atomic mass is 16.4. The van der Waals surface area contributed by atoms with Crippen molar-refractivity contribution in [3.63, 3.8) is 0 Å². The first-order chi connectivity index (χ1) is 9.93. The van der Waals surface area contributed by atoms with Gasteiger partial charge in [0, 0.05) is 6.04 Å². The molecule has 6 heteroatoms. The van der Waals surface area contributed by atoms with Crippen molar-refractivity contribution in [1.82, 2.24) is 9.80 Å². The van der Waals surface area contributed by atoms with Crippen LogP contribution in [0.4, 0.5) is 0 Å². The Morgan fingerprint density at radius 3 is 2.33 bits per heavy atom. The van der Waals surface area contributed by atoms with E-state index in [4.69, 9.17) is 5.11 Å². The number of hydrogen-bond donors (Lipinski definition) is 1. The predicted octanol–water partition coefficient (Wildman–Crippen LogP) is 1.24. The van der Waals surface area contributed by atoms with Crippen LogP contribution in [-0.4, -0.2) is 57.9 Å². The van der Waals surface area contributed by atoms with E-state index in [9.17, 15) is 14.4 Å². The number of carboxylic acid groups (broad SMARTS) is 1. The molecule has 6 nitrogen and oxygen atoms in total. The van der Waals surface area contributed by atoms with Gasteiger partial charge in [0.25, 0.3) is 0 Å². The van der Waals surface area contributed by atoms with Crippen molar-refractivity contribution in [2.24, 2.45) is 0 Å². The van der Waals surface area contributed by atoms with Gasteiger partial charge in [-0.25, -0.2) is 0 Å². The van der Waals surface area contributed by atoms with Crippen LogP contribution in [0.15, 0.2) is 0 Å². The van der Waals surface area contributed by atoms with Crippen molar-refractivity contribution in [3.8, 4) is 0 Å². The summed E-state index contributed by atoms with van der Waals surface area (Å²) in [5.74, 6) is -1.35. The van der Waals surface area contributed by atoms with Crippen molar-refractivity contribution < 1.29 is 19.5 Å². The molecular formula is C15H24N2O4. The summed E-state index contributed by atoms with van der Waals surface area (Å²) in [6, 6.07) is -1.40. The van der Waals surface area contributed by atoms with Gasteiger partial charge < -0.3 is 5.11 Å². The van der Waals surface area contributed by atoms with Gasteiger partial charge in [-0.15, -0.1) is 0 Å². The molecule has 2 atom stereocenters. The number of carbonyl (C=O) groups is 3. The number of imide groups is 1. The number of likely N-dealkylation sites (tertiary alicyclic amines) is 1. The molecule has 1 N–H and O–H groups in total. The van der Waals surface area contributed by atoms with Gasteiger partial charge in [0.05, 0.1) is 12.5 Å². The molecule has 2 rings (SSSR count). The van der Waals surface area contributed by atoms with Crippen LogP contribution in [0.2, 0.25) is 0 Å². The average Bonchev–Trinajstić information content (AvgIpc) is 2.64. The van der Waals surface area contributed by atoms with E-state index in [1.54, 1.807) is 7.05 Å². The summed E-state index contributed by atoms with van der Waals surface area (Å²) in [5, 5.41) is 9.07. The Hall–Kier alpha value is -1.43. The second-order valence-electron chi connectivity index (χ2n) is 6.15. The van der Waals surface area contributed by atoms with Gasteiger partial charge in [0.2, 0.25) is 11.8 Å². The Morgan fingerprint density at radius 1 is 1.24 bits per heavy atom. The molecule has 0 aromatic carbocycles. The lowest BCUT2D eigenvalue weighted by Gasteiger charge is -2.29. The highest BCUT2D eigenvalue weighted by Gasteiger charge is 2.45. The zero-order chi connectivity index (χ0) is 15.6. The standard InChI is InChI=1S/C15H24N2O4/c1-10(15(20)21)16(2)12-9-13(18)17(14(12)19)11-7-5-3-4-6-8-11/h10-12H,3-9H2,1-2H3,(H,20,21). The Labute approximate surface area is 125 Å². The number of hydrogen-bond acceptors (Lipinski definition) is 4. The summed E-state index contributed by atoms with van der Waals surface area (Å²) in [6.07, 6.45) is 6.27. The summed E-state index contributed by atoms with van der Waals surface area (Å²) in [7, 11) is 1.60. The molecule has 0 radical (unpaired) electrons. The second-order valence-corrected chi connectivity index (χ2v) is 6.15. The molecule has 0 aromatic heterocycles. The van der Waals surface area contributed by atoms with Crippen LogP contribution in [0.3, 0.4) is 0 Å². The molecule has 1 saturated carbocycles. The van der Waals surface area contributed by atoms with Crippen LogP contribution in [0.25, 0.3) is 0 Å². The number of rotatable bonds is 4. The van der Waals surface area contributed by atoms with E-state index >= 15 is 0 Å². The van der Waals surface area contributed by atoms with Gasteiger partial charge in [0.15, 0.2) is 0 Å². The number of nitrogens with zero attached hydrogens (tertiary/aromatic N) is 2. The van der Waals surface area contributed by atoms with Crippen molar-refractivity contribution in [2.75, 3.05) is 7.05 Å². The Morgan fingerprint density at radius 2 is 1.81 bits per heavy atom. The minimum absolute atomic E-state index is 0.00559. The largest absolute Gasteiger partial charge is 0.480 e. The molecule has 0 aromatic rings. The van der Waals surface area contributed by atoms with Gasteiger partial charge >= 0.3 is 5.97 Å². The van der Waals surface area contributed by atoms with E-state index in [0.717, 1.165) is 38.5 Å². The smallest absolute Gasteiger partial charge is 0.320 e. The molecule has 21 heavy (non-hydrogen) atoms. The zero-order valence-electron chi connectivity index (χ0n) is 12.7. The quantitative estimate of drug-likeness (QED) is 0.624. The Balaban J connectivity index is 2.10. The molecule has 0 bridgehead atoms. The van der Waals surface area contributed by atoms with Crippen LogP contribution >= 0.6 is 0 Å². The number of aliphatic carboxylic acids is 1. The van der Waals surface area contributed by atoms with Gasteiger partial charge in [0.1, 0.15) is 6.04 Å². The summed E-state index contributed by atoms with van der Waals surface area (Å²) in [6.45, 7) is 1.54. The van der Waals surface area contributed by atoms with Crippen LogP contribution < -0.4 is 0 Å². The molecule has 1 aliphatic heterocycles. The van der Waals surface area contributed by atoms with Gasteiger partial charge in [-0.3, -0.25) is 24.2 Å². The molecule has 2 unspecified atom stereocenters. The molecule has 0 spiro atoms. The van der Waals surface area contributed by atoms with E-state index in [2.05, 4.69) is 0 Å². The fraction of sp³-hybridized carbons (Fsp3) is 0.800. The van der Waals surface area contributed by atoms with Crippen molar-refractivity contribution in [1.29, 1.82) is 0 Å². The third kappa shape index (κ3) is 3.26. The summed E-state index contributed by atoms with van der Waals surface area (Å²) in [4.78, 5) is 38.8. The number of amides is 2. The molecule has 1 aliphatic carbocycles. The van der Waals surface area contributed by atoms with Crippen LogP contribution in [0.1, 0.15) is 51.9 Å². The van der Waals surface area contributed by atoms with Crippen molar-refractivity contribution in [2.45, 2.75) is 70.0 Å². The second kappa shape index (κ2) is 6.56. The van der Waals surface area contributed by atoms with Gasteiger partial charge in [-0.2, -0.15) is 0 Å². The third-order valence-electron chi connectivity index (χ3n) is 4.81. The van der Waals surface area contributed by atoms with Crippen molar-refractivity contribution >= 4 is 17.8 Å². The highest BCUT2D eigenvalue weighted by molar-refractivity contribution is 6.06. The fourth-order valence-electron chi connectivity index (χ4n) is 3.30. The minimum Gasteiger partial charge on any atom is -0.480 e. The van der Waals surface area contributed by atoms with E-state index in [1.807, 2.05) is 0 Å². The number of carbonyl (C=O) groups excluding carboxylic acids is 2. The van der Waals surface area contributed by atoms with Crippen LogP contribution in [0.5, 0.6) is 0 Å². The minimum atomic E-state index is -0.981. The molecule has 1 saturated heterocycles. The monoisotopic (exact) mass is 296 g/mol. The fourth-order valence-corrected chi connectivity index (χ4v) is 3.30. The number of likely N-dealkylation sites (N-methyl/N-ethyl adjacent to an activating group) is 1. The lowest BCUT2D eigenvalue weighted by atomic mass is 10.1. The molecular weight excluding hydrogens is 272 g/mol. The molecule has 1 heterocycles. The van der Waals surface area contributed by atoms with Gasteiger partial charge in [-0.05, 0) is 26.8 Å². The van der Waals surface area contributed by atoms with Crippen molar-refractivity contribution in [3.05, 3.63) is 0 Å². The molecule has 2 fully saturated rings. The first-order valence-corrected chi connectivity index (χ1v) is 7.74. The normalized spacial score (nSPS) is 26.2. The molecule has 2 aliphatic rings. The van der Waals surface area contributed by atoms with Crippen LogP contribution in [0, 0.1) is 0 Å². The third-order valence-corrected chi connectivity index (χ3v) is 4.81.